The summed E-state index contributed by atoms with van der Waals surface area (Å²) in [5, 5.41) is 13.8. The largest absolute Gasteiger partial charge is 0.493 e. The van der Waals surface area contributed by atoms with E-state index in [-0.39, 0.29) is 12.5 Å². The Kier molecular flexibility index (Phi) is 4.86. The minimum Gasteiger partial charge on any atom is -0.493 e. The number of benzene rings is 2. The van der Waals surface area contributed by atoms with Gasteiger partial charge in [-0.3, -0.25) is 4.79 Å². The zero-order chi connectivity index (χ0) is 17.0. The molecule has 0 saturated carbocycles. The highest BCUT2D eigenvalue weighted by Crippen LogP contribution is 2.36. The van der Waals surface area contributed by atoms with E-state index in [0.29, 0.717) is 24.3 Å². The van der Waals surface area contributed by atoms with Crippen molar-refractivity contribution >= 4 is 5.91 Å². The molecule has 0 saturated heterocycles. The van der Waals surface area contributed by atoms with Crippen molar-refractivity contribution in [3.63, 3.8) is 0 Å². The molecule has 0 radical (unpaired) electrons. The molecule has 24 heavy (non-hydrogen) atoms. The molecule has 1 amide bonds. The monoisotopic (exact) mass is 325 g/mol. The zero-order valence-electron chi connectivity index (χ0n) is 13.9. The Morgan fingerprint density at radius 1 is 1.21 bits per heavy atom. The van der Waals surface area contributed by atoms with Gasteiger partial charge in [0, 0.05) is 17.5 Å². The van der Waals surface area contributed by atoms with Crippen molar-refractivity contribution in [1.82, 2.24) is 5.32 Å². The number of nitrogens with one attached hydrogen (secondary N) is 1. The summed E-state index contributed by atoms with van der Waals surface area (Å²) in [6.45, 7) is 2.74. The molecule has 0 aliphatic carbocycles. The molecule has 0 spiro atoms. The van der Waals surface area contributed by atoms with Gasteiger partial charge in [-0.25, -0.2) is 0 Å². The van der Waals surface area contributed by atoms with Crippen LogP contribution in [0.5, 0.6) is 5.75 Å². The number of aryl methyl sites for hydroxylation is 1. The number of fused-ring (bicyclic) bond motifs is 1. The minimum atomic E-state index is -1.09. The Bertz CT molecular complexity index is 711. The van der Waals surface area contributed by atoms with Crippen LogP contribution < -0.4 is 10.1 Å². The third kappa shape index (κ3) is 3.44. The second-order valence-electron chi connectivity index (χ2n) is 6.26. The Hall–Kier alpha value is -2.33. The van der Waals surface area contributed by atoms with E-state index >= 15 is 0 Å². The quantitative estimate of drug-likeness (QED) is 0.888. The van der Waals surface area contributed by atoms with Gasteiger partial charge < -0.3 is 15.2 Å². The summed E-state index contributed by atoms with van der Waals surface area (Å²) in [5.41, 5.74) is 1.48. The van der Waals surface area contributed by atoms with Crippen LogP contribution in [0.2, 0.25) is 0 Å². The maximum absolute atomic E-state index is 12.4. The van der Waals surface area contributed by atoms with Gasteiger partial charge in [-0.2, -0.15) is 0 Å². The molecule has 1 atom stereocenters. The van der Waals surface area contributed by atoms with E-state index < -0.39 is 5.60 Å². The van der Waals surface area contributed by atoms with E-state index in [0.717, 1.165) is 18.4 Å². The average molecular weight is 325 g/mol. The first kappa shape index (κ1) is 16.5. The van der Waals surface area contributed by atoms with Gasteiger partial charge in [-0.05, 0) is 30.2 Å². The fraction of sp³-hybridized carbons (Fsp3) is 0.350. The number of para-hydroxylation sites is 1. The third-order valence-corrected chi connectivity index (χ3v) is 4.46. The van der Waals surface area contributed by atoms with Crippen LogP contribution in [0, 0.1) is 0 Å². The molecule has 1 unspecified atom stereocenters. The molecule has 1 aliphatic rings. The normalized spacial score (nSPS) is 19.2. The van der Waals surface area contributed by atoms with Crippen molar-refractivity contribution in [2.45, 2.75) is 31.8 Å². The summed E-state index contributed by atoms with van der Waals surface area (Å²) in [7, 11) is 0. The highest BCUT2D eigenvalue weighted by molar-refractivity contribution is 5.94. The van der Waals surface area contributed by atoms with Crippen LogP contribution in [0.1, 0.15) is 41.3 Å². The van der Waals surface area contributed by atoms with Crippen molar-refractivity contribution < 1.29 is 14.6 Å². The first-order chi connectivity index (χ1) is 11.6. The molecule has 2 aromatic rings. The van der Waals surface area contributed by atoms with E-state index in [1.54, 1.807) is 0 Å². The van der Waals surface area contributed by atoms with Crippen molar-refractivity contribution in [3.05, 3.63) is 65.2 Å². The van der Waals surface area contributed by atoms with Crippen molar-refractivity contribution in [2.24, 2.45) is 0 Å². The van der Waals surface area contributed by atoms with Gasteiger partial charge >= 0.3 is 0 Å². The van der Waals surface area contributed by atoms with Gasteiger partial charge in [-0.15, -0.1) is 0 Å². The lowest BCUT2D eigenvalue weighted by molar-refractivity contribution is -0.00160. The summed E-state index contributed by atoms with van der Waals surface area (Å²) in [4.78, 5) is 12.4. The number of aliphatic hydroxyl groups is 1. The number of amides is 1. The van der Waals surface area contributed by atoms with Gasteiger partial charge in [0.2, 0.25) is 0 Å². The molecule has 2 N–H and O–H groups in total. The Morgan fingerprint density at radius 3 is 2.71 bits per heavy atom. The highest BCUT2D eigenvalue weighted by atomic mass is 16.5. The molecule has 2 aromatic carbocycles. The summed E-state index contributed by atoms with van der Waals surface area (Å²) in [5.74, 6) is 0.514. The average Bonchev–Trinajstić information content (AvgIpc) is 2.61. The molecule has 1 aliphatic heterocycles. The number of hydrogen-bond acceptors (Lipinski definition) is 3. The van der Waals surface area contributed by atoms with Crippen LogP contribution in [0.4, 0.5) is 0 Å². The van der Waals surface area contributed by atoms with Crippen molar-refractivity contribution in [1.29, 1.82) is 0 Å². The second kappa shape index (κ2) is 7.05. The first-order valence-corrected chi connectivity index (χ1v) is 8.44. The summed E-state index contributed by atoms with van der Waals surface area (Å²) in [6, 6.07) is 15.1. The highest BCUT2D eigenvalue weighted by Gasteiger charge is 2.35. The van der Waals surface area contributed by atoms with Crippen molar-refractivity contribution in [3.8, 4) is 5.75 Å². The minimum absolute atomic E-state index is 0.170. The van der Waals surface area contributed by atoms with Crippen molar-refractivity contribution in [2.75, 3.05) is 13.2 Å². The van der Waals surface area contributed by atoms with Crippen LogP contribution in [0.25, 0.3) is 0 Å². The SMILES string of the molecule is CCCc1ccc(C(=O)NCC2(O)CCOc3ccccc32)cc1. The van der Waals surface area contributed by atoms with Gasteiger partial charge in [0.1, 0.15) is 11.4 Å². The van der Waals surface area contributed by atoms with E-state index in [1.165, 1.54) is 5.56 Å². The molecule has 3 rings (SSSR count). The van der Waals surface area contributed by atoms with Gasteiger partial charge in [0.05, 0.1) is 13.2 Å². The Balaban J connectivity index is 1.68. The molecule has 4 heteroatoms. The van der Waals surface area contributed by atoms with E-state index in [1.807, 2.05) is 48.5 Å². The van der Waals surface area contributed by atoms with Crippen LogP contribution in [-0.4, -0.2) is 24.2 Å². The molecular formula is C20H23NO3. The molecule has 0 fully saturated rings. The number of carbonyl (C=O) groups is 1. The lowest BCUT2D eigenvalue weighted by Gasteiger charge is -2.34. The first-order valence-electron chi connectivity index (χ1n) is 8.44. The van der Waals surface area contributed by atoms with Crippen LogP contribution >= 0.6 is 0 Å². The Labute approximate surface area is 142 Å². The van der Waals surface area contributed by atoms with E-state index in [2.05, 4.69) is 12.2 Å². The molecule has 4 nitrogen and oxygen atoms in total. The van der Waals surface area contributed by atoms with E-state index in [9.17, 15) is 9.90 Å². The molecule has 0 aromatic heterocycles. The predicted octanol–water partition coefficient (Wildman–Crippen LogP) is 3.04. The topological polar surface area (TPSA) is 58.6 Å². The molecular weight excluding hydrogens is 302 g/mol. The fourth-order valence-corrected chi connectivity index (χ4v) is 3.07. The summed E-state index contributed by atoms with van der Waals surface area (Å²) >= 11 is 0. The van der Waals surface area contributed by atoms with Gasteiger partial charge in [-0.1, -0.05) is 43.7 Å². The summed E-state index contributed by atoms with van der Waals surface area (Å²) < 4.78 is 5.57. The fourth-order valence-electron chi connectivity index (χ4n) is 3.07. The zero-order valence-corrected chi connectivity index (χ0v) is 13.9. The molecule has 0 bridgehead atoms. The van der Waals surface area contributed by atoms with E-state index in [4.69, 9.17) is 4.74 Å². The van der Waals surface area contributed by atoms with Gasteiger partial charge in [0.15, 0.2) is 0 Å². The Morgan fingerprint density at radius 2 is 1.96 bits per heavy atom. The van der Waals surface area contributed by atoms with Gasteiger partial charge in [0.25, 0.3) is 5.91 Å². The molecule has 126 valence electrons. The van der Waals surface area contributed by atoms with Crippen LogP contribution in [-0.2, 0) is 12.0 Å². The number of carbonyl (C=O) groups excluding carboxylic acids is 1. The number of ether oxygens (including phenoxy) is 1. The predicted molar refractivity (Wildman–Crippen MR) is 93.2 cm³/mol. The lowest BCUT2D eigenvalue weighted by Crippen LogP contribution is -2.43. The number of hydrogen-bond donors (Lipinski definition) is 2. The third-order valence-electron chi connectivity index (χ3n) is 4.46. The van der Waals surface area contributed by atoms with Crippen LogP contribution in [0.15, 0.2) is 48.5 Å². The smallest absolute Gasteiger partial charge is 0.251 e. The standard InChI is InChI=1S/C20H23NO3/c1-2-5-15-8-10-16(11-9-15)19(22)21-14-20(23)12-13-24-18-7-4-3-6-17(18)20/h3-4,6-11,23H,2,5,12-14H2,1H3,(H,21,22). The van der Waals surface area contributed by atoms with Crippen LogP contribution in [0.3, 0.4) is 0 Å². The maximum atomic E-state index is 12.4. The summed E-state index contributed by atoms with van der Waals surface area (Å²) in [6.07, 6.45) is 2.55. The maximum Gasteiger partial charge on any atom is 0.251 e. The molecule has 1 heterocycles. The second-order valence-corrected chi connectivity index (χ2v) is 6.26. The number of rotatable bonds is 5. The lowest BCUT2D eigenvalue weighted by atomic mass is 9.88.